The summed E-state index contributed by atoms with van der Waals surface area (Å²) in [6.45, 7) is 3.67. The minimum Gasteiger partial charge on any atom is -0.293 e. The molecule has 0 amide bonds. The number of nitrogens with zero attached hydrogens (tertiary/aromatic N) is 1. The molecule has 62 valence electrons. The normalized spacial score (nSPS) is 25.6. The lowest BCUT2D eigenvalue weighted by Gasteiger charge is -2.18. The van der Waals surface area contributed by atoms with Gasteiger partial charge in [0.15, 0.2) is 0 Å². The lowest BCUT2D eigenvalue weighted by Crippen LogP contribution is -2.11. The number of allylic oxidation sites excluding steroid dienone is 3. The van der Waals surface area contributed by atoms with Crippen LogP contribution in [0.1, 0.15) is 25.7 Å². The van der Waals surface area contributed by atoms with Gasteiger partial charge in [0.2, 0.25) is 0 Å². The van der Waals surface area contributed by atoms with E-state index in [4.69, 9.17) is 7.85 Å². The molecule has 0 saturated heterocycles. The Balaban J connectivity index is 2.93. The van der Waals surface area contributed by atoms with Crippen molar-refractivity contribution in [3.8, 4) is 0 Å². The zero-order valence-corrected chi connectivity index (χ0v) is 7.64. The van der Waals surface area contributed by atoms with E-state index in [-0.39, 0.29) is 0 Å². The molecule has 1 rings (SSSR count). The molecule has 0 aromatic rings. The second-order valence-electron chi connectivity index (χ2n) is 3.02. The van der Waals surface area contributed by atoms with E-state index in [1.165, 1.54) is 24.1 Å². The highest BCUT2D eigenvalue weighted by Gasteiger charge is 2.13. The molecule has 0 unspecified atom stereocenters. The van der Waals surface area contributed by atoms with E-state index in [0.29, 0.717) is 0 Å². The van der Waals surface area contributed by atoms with Crippen LogP contribution in [0.2, 0.25) is 0 Å². The molecule has 1 aliphatic carbocycles. The molecule has 0 aliphatic heterocycles. The fourth-order valence-electron chi connectivity index (χ4n) is 1.57. The van der Waals surface area contributed by atoms with Gasteiger partial charge >= 0.3 is 0 Å². The van der Waals surface area contributed by atoms with Crippen LogP contribution in [-0.4, -0.2) is 20.6 Å². The Hall–Kier alpha value is -0.785. The Morgan fingerprint density at radius 1 is 1.50 bits per heavy atom. The lowest BCUT2D eigenvalue weighted by molar-refractivity contribution is 0.731. The van der Waals surface area contributed by atoms with Crippen molar-refractivity contribution in [3.63, 3.8) is 0 Å². The van der Waals surface area contributed by atoms with Crippen LogP contribution in [0.4, 0.5) is 0 Å². The second-order valence-corrected chi connectivity index (χ2v) is 3.02. The minimum atomic E-state index is 0.801. The largest absolute Gasteiger partial charge is 0.293 e. The van der Waals surface area contributed by atoms with Crippen LogP contribution in [0, 0.1) is 0 Å². The first kappa shape index (κ1) is 9.30. The molecular weight excluding hydrogens is 145 g/mol. The van der Waals surface area contributed by atoms with Gasteiger partial charge in [-0.2, -0.15) is 0 Å². The fraction of sp³-hybridized carbons (Fsp3) is 0.500. The summed E-state index contributed by atoms with van der Waals surface area (Å²) < 4.78 is 0. The fourth-order valence-corrected chi connectivity index (χ4v) is 1.57. The van der Waals surface area contributed by atoms with Crippen LogP contribution in [-0.2, 0) is 0 Å². The quantitative estimate of drug-likeness (QED) is 0.520. The molecule has 0 atom stereocenters. The Bertz CT molecular complexity index is 238. The summed E-state index contributed by atoms with van der Waals surface area (Å²) >= 11 is 0. The monoisotopic (exact) mass is 159 g/mol. The van der Waals surface area contributed by atoms with Crippen molar-refractivity contribution < 1.29 is 0 Å². The second kappa shape index (κ2) is 4.29. The first-order valence-electron chi connectivity index (χ1n) is 4.36. The number of hydrogen-bond acceptors (Lipinski definition) is 1. The van der Waals surface area contributed by atoms with E-state index < -0.39 is 0 Å². The average Bonchev–Trinajstić information content (AvgIpc) is 2.16. The van der Waals surface area contributed by atoms with Gasteiger partial charge < -0.3 is 0 Å². The van der Waals surface area contributed by atoms with Crippen molar-refractivity contribution in [2.75, 3.05) is 7.05 Å². The van der Waals surface area contributed by atoms with E-state index >= 15 is 0 Å². The Morgan fingerprint density at radius 2 is 2.17 bits per heavy atom. The Morgan fingerprint density at radius 3 is 2.75 bits per heavy atom. The van der Waals surface area contributed by atoms with Crippen molar-refractivity contribution in [2.24, 2.45) is 4.99 Å². The van der Waals surface area contributed by atoms with Crippen LogP contribution in [0.5, 0.6) is 0 Å². The molecule has 1 fully saturated rings. The van der Waals surface area contributed by atoms with E-state index in [2.05, 4.69) is 11.6 Å². The first-order chi connectivity index (χ1) is 5.79. The maximum Gasteiger partial charge on any atom is 0.114 e. The van der Waals surface area contributed by atoms with E-state index in [9.17, 15) is 0 Å². The first-order valence-corrected chi connectivity index (χ1v) is 4.36. The summed E-state index contributed by atoms with van der Waals surface area (Å²) in [6.07, 6.45) is 6.31. The molecule has 2 heteroatoms. The van der Waals surface area contributed by atoms with Gasteiger partial charge in [-0.1, -0.05) is 18.1 Å². The molecule has 0 bridgehead atoms. The lowest BCUT2D eigenvalue weighted by atomic mass is 9.81. The molecule has 1 saturated carbocycles. The van der Waals surface area contributed by atoms with E-state index in [1.54, 1.807) is 6.08 Å². The Labute approximate surface area is 75.7 Å². The molecule has 0 spiro atoms. The number of rotatable bonds is 1. The highest BCUT2D eigenvalue weighted by Crippen LogP contribution is 2.23. The number of aliphatic imine (C=N–C) groups is 1. The molecule has 2 radical (unpaired) electrons. The zero-order chi connectivity index (χ0) is 8.97. The third-order valence-corrected chi connectivity index (χ3v) is 2.28. The molecule has 1 nitrogen and oxygen atoms in total. The smallest absolute Gasteiger partial charge is 0.114 e. The van der Waals surface area contributed by atoms with Gasteiger partial charge in [0, 0.05) is 12.8 Å². The van der Waals surface area contributed by atoms with Crippen LogP contribution >= 0.6 is 0 Å². The summed E-state index contributed by atoms with van der Waals surface area (Å²) in [5.41, 5.74) is 3.17. The van der Waals surface area contributed by atoms with E-state index in [0.717, 1.165) is 18.3 Å². The van der Waals surface area contributed by atoms with Crippen molar-refractivity contribution in [2.45, 2.75) is 25.7 Å². The molecular formula is C10H14BN. The summed E-state index contributed by atoms with van der Waals surface area (Å²) in [6, 6.07) is 0. The maximum atomic E-state index is 5.79. The maximum absolute atomic E-state index is 5.79. The summed E-state index contributed by atoms with van der Waals surface area (Å²) in [5.74, 6) is 0. The van der Waals surface area contributed by atoms with Crippen LogP contribution in [0.15, 0.2) is 28.7 Å². The van der Waals surface area contributed by atoms with Crippen molar-refractivity contribution in [1.82, 2.24) is 0 Å². The van der Waals surface area contributed by atoms with Gasteiger partial charge in [-0.15, -0.1) is 0 Å². The van der Waals surface area contributed by atoms with E-state index in [1.807, 2.05) is 7.05 Å². The van der Waals surface area contributed by atoms with Crippen LogP contribution in [0.3, 0.4) is 0 Å². The highest BCUT2D eigenvalue weighted by molar-refractivity contribution is 6.27. The minimum absolute atomic E-state index is 0.801. The van der Waals surface area contributed by atoms with Gasteiger partial charge in [-0.3, -0.25) is 4.99 Å². The molecule has 0 heterocycles. The molecule has 0 aromatic carbocycles. The van der Waals surface area contributed by atoms with Crippen LogP contribution < -0.4 is 0 Å². The SMILES string of the molecule is [B]/C(C=C)=C1\CCCCC1=NC. The summed E-state index contributed by atoms with van der Waals surface area (Å²) in [4.78, 5) is 4.23. The van der Waals surface area contributed by atoms with Gasteiger partial charge in [0.25, 0.3) is 0 Å². The molecule has 0 aromatic heterocycles. The summed E-state index contributed by atoms with van der Waals surface area (Å²) in [7, 11) is 7.62. The molecule has 1 aliphatic rings. The highest BCUT2D eigenvalue weighted by atomic mass is 14.7. The third-order valence-electron chi connectivity index (χ3n) is 2.28. The topological polar surface area (TPSA) is 12.4 Å². The predicted molar refractivity (Wildman–Crippen MR) is 54.8 cm³/mol. The zero-order valence-electron chi connectivity index (χ0n) is 7.64. The third kappa shape index (κ3) is 1.87. The van der Waals surface area contributed by atoms with Gasteiger partial charge in [0.1, 0.15) is 7.85 Å². The summed E-state index contributed by atoms with van der Waals surface area (Å²) in [5, 5.41) is 0. The molecule has 12 heavy (non-hydrogen) atoms. The van der Waals surface area contributed by atoms with Gasteiger partial charge in [0.05, 0.1) is 0 Å². The molecule has 0 N–H and O–H groups in total. The van der Waals surface area contributed by atoms with Crippen molar-refractivity contribution >= 4 is 13.6 Å². The van der Waals surface area contributed by atoms with Crippen molar-refractivity contribution in [1.29, 1.82) is 0 Å². The van der Waals surface area contributed by atoms with Gasteiger partial charge in [-0.25, -0.2) is 0 Å². The van der Waals surface area contributed by atoms with Crippen LogP contribution in [0.25, 0.3) is 0 Å². The number of hydrogen-bond donors (Lipinski definition) is 0. The average molecular weight is 159 g/mol. The predicted octanol–water partition coefficient (Wildman–Crippen LogP) is 2.24. The Kier molecular flexibility index (Phi) is 3.33. The standard InChI is InChI=1S/C10H14BN/c1-3-9(11)8-6-4-5-7-10(8)12-2/h3H,1,4-7H2,2H3/b9-8+,12-10?. The van der Waals surface area contributed by atoms with Crippen molar-refractivity contribution in [3.05, 3.63) is 23.7 Å². The van der Waals surface area contributed by atoms with Gasteiger partial charge in [-0.05, 0) is 31.3 Å².